The SMILES string of the molecule is O=C(CCc1ccco1)NNC(=O)c1ccc(Cn2nnc(-c3ccccc3)n2)cc1. The number of carbonyl (C=O) groups is 2. The molecule has 0 spiro atoms. The highest BCUT2D eigenvalue weighted by atomic mass is 16.3. The number of hydrazine groups is 1. The average molecular weight is 416 g/mol. The molecule has 4 aromatic rings. The minimum Gasteiger partial charge on any atom is -0.469 e. The summed E-state index contributed by atoms with van der Waals surface area (Å²) in [5.74, 6) is 0.574. The predicted octanol–water partition coefficient (Wildman–Crippen LogP) is 2.38. The predicted molar refractivity (Wildman–Crippen MR) is 111 cm³/mol. The lowest BCUT2D eigenvalue weighted by atomic mass is 10.1. The zero-order valence-corrected chi connectivity index (χ0v) is 16.6. The second-order valence-corrected chi connectivity index (χ2v) is 6.79. The zero-order chi connectivity index (χ0) is 21.5. The van der Waals surface area contributed by atoms with E-state index in [1.165, 1.54) is 4.80 Å². The number of benzene rings is 2. The Kier molecular flexibility index (Phi) is 6.13. The van der Waals surface area contributed by atoms with Crippen LogP contribution in [0.4, 0.5) is 0 Å². The molecule has 4 rings (SSSR count). The van der Waals surface area contributed by atoms with Crippen LogP contribution in [0.2, 0.25) is 0 Å². The number of furan rings is 1. The van der Waals surface area contributed by atoms with Gasteiger partial charge in [0.1, 0.15) is 5.76 Å². The Balaban J connectivity index is 1.27. The lowest BCUT2D eigenvalue weighted by Gasteiger charge is -2.07. The lowest BCUT2D eigenvalue weighted by Crippen LogP contribution is -2.41. The first-order chi connectivity index (χ1) is 15.2. The molecule has 0 fully saturated rings. The van der Waals surface area contributed by atoms with Crippen LogP contribution in [0.25, 0.3) is 11.4 Å². The van der Waals surface area contributed by atoms with E-state index in [9.17, 15) is 9.59 Å². The number of tetrazole rings is 1. The van der Waals surface area contributed by atoms with Crippen molar-refractivity contribution in [2.75, 3.05) is 0 Å². The van der Waals surface area contributed by atoms with Crippen molar-refractivity contribution in [3.63, 3.8) is 0 Å². The van der Waals surface area contributed by atoms with Crippen molar-refractivity contribution < 1.29 is 14.0 Å². The van der Waals surface area contributed by atoms with E-state index in [-0.39, 0.29) is 12.3 Å². The summed E-state index contributed by atoms with van der Waals surface area (Å²) in [5, 5.41) is 12.5. The molecule has 0 unspecified atom stereocenters. The van der Waals surface area contributed by atoms with Crippen LogP contribution in [-0.2, 0) is 17.8 Å². The molecule has 0 radical (unpaired) electrons. The third kappa shape index (κ3) is 5.41. The molecular weight excluding hydrogens is 396 g/mol. The maximum absolute atomic E-state index is 12.2. The van der Waals surface area contributed by atoms with Gasteiger partial charge in [0.2, 0.25) is 11.7 Å². The summed E-state index contributed by atoms with van der Waals surface area (Å²) in [6, 6.07) is 20.1. The van der Waals surface area contributed by atoms with Gasteiger partial charge in [-0.05, 0) is 35.0 Å². The normalized spacial score (nSPS) is 10.6. The average Bonchev–Trinajstić information content (AvgIpc) is 3.49. The third-order valence-corrected chi connectivity index (χ3v) is 4.52. The van der Waals surface area contributed by atoms with Crippen molar-refractivity contribution in [2.24, 2.45) is 0 Å². The van der Waals surface area contributed by atoms with Crippen LogP contribution in [0.3, 0.4) is 0 Å². The Morgan fingerprint density at radius 1 is 0.935 bits per heavy atom. The fourth-order valence-electron chi connectivity index (χ4n) is 2.89. The quantitative estimate of drug-likeness (QED) is 0.447. The summed E-state index contributed by atoms with van der Waals surface area (Å²) in [6.45, 7) is 0.422. The Hall–Kier alpha value is -4.27. The maximum Gasteiger partial charge on any atom is 0.269 e. The van der Waals surface area contributed by atoms with E-state index in [4.69, 9.17) is 4.42 Å². The van der Waals surface area contributed by atoms with E-state index >= 15 is 0 Å². The molecule has 0 aliphatic heterocycles. The summed E-state index contributed by atoms with van der Waals surface area (Å²) in [6.07, 6.45) is 2.23. The first kappa shape index (κ1) is 20.0. The van der Waals surface area contributed by atoms with Gasteiger partial charge in [-0.3, -0.25) is 20.4 Å². The maximum atomic E-state index is 12.2. The highest BCUT2D eigenvalue weighted by Gasteiger charge is 2.10. The molecule has 156 valence electrons. The van der Waals surface area contributed by atoms with Crippen LogP contribution in [0.1, 0.15) is 28.1 Å². The van der Waals surface area contributed by atoms with Gasteiger partial charge in [0, 0.05) is 24.0 Å². The van der Waals surface area contributed by atoms with E-state index in [1.807, 2.05) is 30.3 Å². The smallest absolute Gasteiger partial charge is 0.269 e. The Bertz CT molecular complexity index is 1140. The van der Waals surface area contributed by atoms with Gasteiger partial charge in [0.25, 0.3) is 5.91 Å². The van der Waals surface area contributed by atoms with Crippen LogP contribution < -0.4 is 10.9 Å². The molecular formula is C22H20N6O3. The number of nitrogens with zero attached hydrogens (tertiary/aromatic N) is 4. The summed E-state index contributed by atoms with van der Waals surface area (Å²) >= 11 is 0. The first-order valence-corrected chi connectivity index (χ1v) is 9.71. The Morgan fingerprint density at radius 3 is 2.48 bits per heavy atom. The van der Waals surface area contributed by atoms with E-state index in [1.54, 1.807) is 42.7 Å². The van der Waals surface area contributed by atoms with Crippen LogP contribution in [0.5, 0.6) is 0 Å². The van der Waals surface area contributed by atoms with Gasteiger partial charge in [-0.15, -0.1) is 10.2 Å². The molecule has 2 aromatic heterocycles. The van der Waals surface area contributed by atoms with E-state index in [2.05, 4.69) is 26.3 Å². The van der Waals surface area contributed by atoms with Crippen molar-refractivity contribution in [2.45, 2.75) is 19.4 Å². The minimum absolute atomic E-state index is 0.211. The fourth-order valence-corrected chi connectivity index (χ4v) is 2.89. The van der Waals surface area contributed by atoms with Crippen LogP contribution in [0, 0.1) is 0 Å². The Morgan fingerprint density at radius 2 is 1.74 bits per heavy atom. The second-order valence-electron chi connectivity index (χ2n) is 6.79. The highest BCUT2D eigenvalue weighted by molar-refractivity contribution is 5.95. The summed E-state index contributed by atoms with van der Waals surface area (Å²) in [5.41, 5.74) is 7.05. The largest absolute Gasteiger partial charge is 0.469 e. The number of rotatable bonds is 7. The molecule has 0 atom stereocenters. The van der Waals surface area contributed by atoms with Crippen molar-refractivity contribution in [1.82, 2.24) is 31.1 Å². The topological polar surface area (TPSA) is 115 Å². The molecule has 2 amide bonds. The Labute approximate surface area is 178 Å². The number of amides is 2. The van der Waals surface area contributed by atoms with Crippen molar-refractivity contribution in [3.05, 3.63) is 89.9 Å². The molecule has 2 aromatic carbocycles. The molecule has 2 heterocycles. The van der Waals surface area contributed by atoms with Crippen LogP contribution in [-0.4, -0.2) is 32.0 Å². The number of nitrogens with one attached hydrogen (secondary N) is 2. The first-order valence-electron chi connectivity index (χ1n) is 9.71. The molecule has 0 saturated heterocycles. The van der Waals surface area contributed by atoms with E-state index < -0.39 is 5.91 Å². The van der Waals surface area contributed by atoms with Gasteiger partial charge < -0.3 is 4.42 Å². The lowest BCUT2D eigenvalue weighted by molar-refractivity contribution is -0.121. The highest BCUT2D eigenvalue weighted by Crippen LogP contribution is 2.12. The molecule has 31 heavy (non-hydrogen) atoms. The van der Waals surface area contributed by atoms with Gasteiger partial charge in [-0.1, -0.05) is 42.5 Å². The van der Waals surface area contributed by atoms with Crippen molar-refractivity contribution in [1.29, 1.82) is 0 Å². The van der Waals surface area contributed by atoms with Gasteiger partial charge in [-0.2, -0.15) is 4.80 Å². The second kappa shape index (κ2) is 9.49. The molecule has 0 aliphatic carbocycles. The van der Waals surface area contributed by atoms with E-state index in [0.29, 0.717) is 24.4 Å². The van der Waals surface area contributed by atoms with Crippen molar-refractivity contribution >= 4 is 11.8 Å². The number of aryl methyl sites for hydroxylation is 1. The minimum atomic E-state index is -0.400. The fraction of sp³-hybridized carbons (Fsp3) is 0.136. The number of hydrogen-bond acceptors (Lipinski definition) is 6. The molecule has 2 N–H and O–H groups in total. The number of carbonyl (C=O) groups excluding carboxylic acids is 2. The molecule has 9 nitrogen and oxygen atoms in total. The van der Waals surface area contributed by atoms with Gasteiger partial charge in [0.15, 0.2) is 0 Å². The summed E-state index contributed by atoms with van der Waals surface area (Å²) < 4.78 is 5.17. The molecule has 0 aliphatic rings. The van der Waals surface area contributed by atoms with Gasteiger partial charge in [0.05, 0.1) is 12.8 Å². The monoisotopic (exact) mass is 416 g/mol. The van der Waals surface area contributed by atoms with Crippen molar-refractivity contribution in [3.8, 4) is 11.4 Å². The number of hydrogen-bond donors (Lipinski definition) is 2. The molecule has 0 saturated carbocycles. The molecule has 9 heteroatoms. The van der Waals surface area contributed by atoms with E-state index in [0.717, 1.165) is 16.9 Å². The third-order valence-electron chi connectivity index (χ3n) is 4.52. The zero-order valence-electron chi connectivity index (χ0n) is 16.6. The van der Waals surface area contributed by atoms with Crippen LogP contribution >= 0.6 is 0 Å². The van der Waals surface area contributed by atoms with Crippen LogP contribution in [0.15, 0.2) is 77.4 Å². The summed E-state index contributed by atoms with van der Waals surface area (Å²) in [4.78, 5) is 25.6. The molecule has 0 bridgehead atoms. The van der Waals surface area contributed by atoms with Gasteiger partial charge in [-0.25, -0.2) is 0 Å². The number of aromatic nitrogens is 4. The standard InChI is InChI=1S/C22H20N6O3/c29-20(13-12-19-7-4-14-31-19)23-25-22(30)18-10-8-16(9-11-18)15-28-26-21(24-27-28)17-5-2-1-3-6-17/h1-11,14H,12-13,15H2,(H,23,29)(H,25,30). The van der Waals surface area contributed by atoms with Gasteiger partial charge >= 0.3 is 0 Å². The summed E-state index contributed by atoms with van der Waals surface area (Å²) in [7, 11) is 0.